The van der Waals surface area contributed by atoms with Crippen LogP contribution < -0.4 is 5.32 Å². The lowest BCUT2D eigenvalue weighted by Gasteiger charge is -2.11. The van der Waals surface area contributed by atoms with Crippen LogP contribution in [0.3, 0.4) is 0 Å². The molecule has 0 bridgehead atoms. The van der Waals surface area contributed by atoms with Gasteiger partial charge in [-0.05, 0) is 29.3 Å². The molecule has 25 heavy (non-hydrogen) atoms. The zero-order valence-corrected chi connectivity index (χ0v) is 13.9. The van der Waals surface area contributed by atoms with Gasteiger partial charge in [0.2, 0.25) is 0 Å². The highest BCUT2D eigenvalue weighted by Crippen LogP contribution is 2.29. The van der Waals surface area contributed by atoms with Crippen molar-refractivity contribution in [1.82, 2.24) is 5.32 Å². The summed E-state index contributed by atoms with van der Waals surface area (Å²) in [6, 6.07) is 12.6. The quantitative estimate of drug-likeness (QED) is 0.834. The molecule has 1 aliphatic heterocycles. The largest absolute Gasteiger partial charge is 0.416 e. The molecule has 0 saturated carbocycles. The van der Waals surface area contributed by atoms with Crippen LogP contribution in [0.4, 0.5) is 13.2 Å². The van der Waals surface area contributed by atoms with E-state index in [-0.39, 0.29) is 6.10 Å². The smallest absolute Gasteiger partial charge is 0.390 e. The average Bonchev–Trinajstić information content (AvgIpc) is 3.04. The minimum absolute atomic E-state index is 0.142. The van der Waals surface area contributed by atoms with E-state index < -0.39 is 11.7 Å². The van der Waals surface area contributed by atoms with Gasteiger partial charge < -0.3 is 10.2 Å². The van der Waals surface area contributed by atoms with Crippen LogP contribution in [-0.4, -0.2) is 18.4 Å². The number of halogens is 4. The van der Waals surface area contributed by atoms with Gasteiger partial charge in [-0.1, -0.05) is 47.1 Å². The first kappa shape index (κ1) is 17.8. The number of hydrogen-bond acceptors (Lipinski definition) is 3. The van der Waals surface area contributed by atoms with Gasteiger partial charge in [-0.15, -0.1) is 0 Å². The minimum atomic E-state index is -4.33. The monoisotopic (exact) mass is 368 g/mol. The van der Waals surface area contributed by atoms with Crippen LogP contribution in [0, 0.1) is 0 Å². The minimum Gasteiger partial charge on any atom is -0.390 e. The maximum atomic E-state index is 12.7. The number of alkyl halides is 3. The molecule has 1 N–H and O–H groups in total. The second-order valence-electron chi connectivity index (χ2n) is 5.81. The highest BCUT2D eigenvalue weighted by atomic mass is 35.5. The summed E-state index contributed by atoms with van der Waals surface area (Å²) in [5.41, 5.74) is 1.72. The first-order chi connectivity index (χ1) is 11.9. The predicted octanol–water partition coefficient (Wildman–Crippen LogP) is 4.64. The first-order valence-corrected chi connectivity index (χ1v) is 8.15. The van der Waals surface area contributed by atoms with Gasteiger partial charge in [0.1, 0.15) is 6.10 Å². The Morgan fingerprint density at radius 3 is 2.64 bits per heavy atom. The summed E-state index contributed by atoms with van der Waals surface area (Å²) in [5.74, 6) is 0. The van der Waals surface area contributed by atoms with E-state index in [0.29, 0.717) is 30.1 Å². The third-order valence-electron chi connectivity index (χ3n) is 3.87. The Bertz CT molecular complexity index is 760. The summed E-state index contributed by atoms with van der Waals surface area (Å²) in [7, 11) is 0. The third kappa shape index (κ3) is 4.74. The molecular formula is C18H16ClF3N2O. The molecule has 3 rings (SSSR count). The maximum Gasteiger partial charge on any atom is 0.416 e. The van der Waals surface area contributed by atoms with Crippen LogP contribution in [-0.2, 0) is 17.6 Å². The Morgan fingerprint density at radius 2 is 1.92 bits per heavy atom. The molecule has 0 saturated heterocycles. The van der Waals surface area contributed by atoms with Crippen LogP contribution in [0.25, 0.3) is 0 Å². The van der Waals surface area contributed by atoms with Gasteiger partial charge in [0.05, 0.1) is 11.3 Å². The van der Waals surface area contributed by atoms with Crippen molar-refractivity contribution in [3.05, 3.63) is 70.2 Å². The van der Waals surface area contributed by atoms with Crippen LogP contribution in [0.5, 0.6) is 0 Å². The van der Waals surface area contributed by atoms with Gasteiger partial charge in [-0.3, -0.25) is 0 Å². The fourth-order valence-electron chi connectivity index (χ4n) is 2.59. The molecular weight excluding hydrogens is 353 g/mol. The number of nitrogens with one attached hydrogen (secondary N) is 1. The summed E-state index contributed by atoms with van der Waals surface area (Å²) in [6.45, 7) is 0.830. The second kappa shape index (κ2) is 7.45. The van der Waals surface area contributed by atoms with E-state index in [1.165, 1.54) is 6.07 Å². The van der Waals surface area contributed by atoms with Crippen molar-refractivity contribution in [2.24, 2.45) is 5.16 Å². The number of oxime groups is 1. The Kier molecular flexibility index (Phi) is 5.30. The van der Waals surface area contributed by atoms with E-state index in [9.17, 15) is 13.2 Å². The fraction of sp³-hybridized carbons (Fsp3) is 0.278. The molecule has 0 spiro atoms. The summed E-state index contributed by atoms with van der Waals surface area (Å²) >= 11 is 5.86. The van der Waals surface area contributed by atoms with E-state index in [4.69, 9.17) is 16.4 Å². The topological polar surface area (TPSA) is 33.6 Å². The predicted molar refractivity (Wildman–Crippen MR) is 90.6 cm³/mol. The lowest BCUT2D eigenvalue weighted by molar-refractivity contribution is -0.137. The number of hydrogen-bond donors (Lipinski definition) is 1. The van der Waals surface area contributed by atoms with Crippen LogP contribution >= 0.6 is 11.6 Å². The molecule has 1 aliphatic rings. The summed E-state index contributed by atoms with van der Waals surface area (Å²) in [6.07, 6.45) is -3.83. The molecule has 0 radical (unpaired) electrons. The molecule has 0 unspecified atom stereocenters. The third-order valence-corrected chi connectivity index (χ3v) is 4.12. The average molecular weight is 369 g/mol. The zero-order valence-electron chi connectivity index (χ0n) is 13.2. The highest BCUT2D eigenvalue weighted by molar-refractivity contribution is 6.30. The second-order valence-corrected chi connectivity index (χ2v) is 6.24. The molecule has 2 aromatic rings. The van der Waals surface area contributed by atoms with Gasteiger partial charge in [0.25, 0.3) is 0 Å². The SMILES string of the molecule is FC(F)(F)c1cccc(CNC[C@H]2CC(c3ccc(Cl)cc3)=NO2)c1. The Hall–Kier alpha value is -2.05. The van der Waals surface area contributed by atoms with Crippen molar-refractivity contribution in [3.8, 4) is 0 Å². The molecule has 7 heteroatoms. The lowest BCUT2D eigenvalue weighted by Crippen LogP contribution is -2.26. The van der Waals surface area contributed by atoms with Gasteiger partial charge in [0, 0.05) is 24.5 Å². The summed E-state index contributed by atoms with van der Waals surface area (Å²) in [5, 5.41) is 7.85. The number of nitrogens with zero attached hydrogens (tertiary/aromatic N) is 1. The summed E-state index contributed by atoms with van der Waals surface area (Å²) in [4.78, 5) is 5.38. The van der Waals surface area contributed by atoms with Gasteiger partial charge >= 0.3 is 6.18 Å². The molecule has 0 aliphatic carbocycles. The molecule has 132 valence electrons. The van der Waals surface area contributed by atoms with Crippen molar-refractivity contribution in [2.75, 3.05) is 6.54 Å². The highest BCUT2D eigenvalue weighted by Gasteiger charge is 2.30. The molecule has 0 fully saturated rings. The Labute approximate surface area is 148 Å². The van der Waals surface area contributed by atoms with Crippen LogP contribution in [0.2, 0.25) is 5.02 Å². The van der Waals surface area contributed by atoms with E-state index >= 15 is 0 Å². The van der Waals surface area contributed by atoms with Gasteiger partial charge in [-0.2, -0.15) is 13.2 Å². The lowest BCUT2D eigenvalue weighted by atomic mass is 10.1. The standard InChI is InChI=1S/C18H16ClF3N2O/c19-15-6-4-13(5-7-15)17-9-16(25-24-17)11-23-10-12-2-1-3-14(8-12)18(20,21)22/h1-8,16,23H,9-11H2/t16-/m1/s1. The van der Waals surface area contributed by atoms with Crippen LogP contribution in [0.15, 0.2) is 53.7 Å². The van der Waals surface area contributed by atoms with Crippen molar-refractivity contribution in [1.29, 1.82) is 0 Å². The molecule has 0 aromatic heterocycles. The molecule has 0 amide bonds. The molecule has 1 heterocycles. The Balaban J connectivity index is 1.49. The van der Waals surface area contributed by atoms with E-state index in [2.05, 4.69) is 10.5 Å². The van der Waals surface area contributed by atoms with Crippen molar-refractivity contribution < 1.29 is 18.0 Å². The van der Waals surface area contributed by atoms with Crippen LogP contribution in [0.1, 0.15) is 23.1 Å². The number of benzene rings is 2. The summed E-state index contributed by atoms with van der Waals surface area (Å²) < 4.78 is 38.1. The van der Waals surface area contributed by atoms with Gasteiger partial charge in [0.15, 0.2) is 0 Å². The first-order valence-electron chi connectivity index (χ1n) is 7.77. The van der Waals surface area contributed by atoms with Gasteiger partial charge in [-0.25, -0.2) is 0 Å². The number of rotatable bonds is 5. The molecule has 2 aromatic carbocycles. The van der Waals surface area contributed by atoms with E-state index in [1.807, 2.05) is 12.1 Å². The van der Waals surface area contributed by atoms with Crippen molar-refractivity contribution in [3.63, 3.8) is 0 Å². The van der Waals surface area contributed by atoms with E-state index in [0.717, 1.165) is 23.4 Å². The molecule has 1 atom stereocenters. The normalized spacial score (nSPS) is 17.3. The van der Waals surface area contributed by atoms with Crippen molar-refractivity contribution in [2.45, 2.75) is 25.2 Å². The maximum absolute atomic E-state index is 12.7. The van der Waals surface area contributed by atoms with Crippen molar-refractivity contribution >= 4 is 17.3 Å². The zero-order chi connectivity index (χ0) is 17.9. The molecule has 3 nitrogen and oxygen atoms in total. The van der Waals surface area contributed by atoms with E-state index in [1.54, 1.807) is 18.2 Å². The Morgan fingerprint density at radius 1 is 1.16 bits per heavy atom. The fourth-order valence-corrected chi connectivity index (χ4v) is 2.71.